The standard InChI is InChI=1S/C23H37N3O3S/c1-19-9-15-25(16-10-19)14-4-3-13-24-23(27)21-5-7-22(8-6-21)30(28,29)26-17-11-20(2)12-18-26/h5-8,19-20H,3-4,9-18H2,1-2H3,(H,24,27). The smallest absolute Gasteiger partial charge is 0.251 e. The molecule has 6 nitrogen and oxygen atoms in total. The van der Waals surface area contributed by atoms with Crippen LogP contribution in [0.25, 0.3) is 0 Å². The summed E-state index contributed by atoms with van der Waals surface area (Å²) in [6, 6.07) is 6.34. The van der Waals surface area contributed by atoms with Gasteiger partial charge in [0.2, 0.25) is 10.0 Å². The minimum atomic E-state index is -3.47. The Morgan fingerprint density at radius 3 is 2.10 bits per heavy atom. The first-order valence-electron chi connectivity index (χ1n) is 11.5. The first kappa shape index (κ1) is 23.2. The van der Waals surface area contributed by atoms with Crippen LogP contribution in [0.15, 0.2) is 29.2 Å². The molecule has 0 saturated carbocycles. The zero-order chi connectivity index (χ0) is 21.6. The van der Waals surface area contributed by atoms with Crippen molar-refractivity contribution in [2.75, 3.05) is 39.3 Å². The van der Waals surface area contributed by atoms with Gasteiger partial charge >= 0.3 is 0 Å². The Bertz CT molecular complexity index is 778. The van der Waals surface area contributed by atoms with Crippen LogP contribution in [0.5, 0.6) is 0 Å². The molecule has 3 rings (SSSR count). The number of hydrogen-bond acceptors (Lipinski definition) is 4. The van der Waals surface area contributed by atoms with Gasteiger partial charge in [0.1, 0.15) is 0 Å². The number of carbonyl (C=O) groups is 1. The summed E-state index contributed by atoms with van der Waals surface area (Å²) >= 11 is 0. The minimum Gasteiger partial charge on any atom is -0.352 e. The molecule has 2 aliphatic heterocycles. The van der Waals surface area contributed by atoms with Crippen LogP contribution in [0, 0.1) is 11.8 Å². The summed E-state index contributed by atoms with van der Waals surface area (Å²) in [6.07, 6.45) is 6.42. The molecule has 1 N–H and O–H groups in total. The number of hydrogen-bond donors (Lipinski definition) is 1. The minimum absolute atomic E-state index is 0.141. The summed E-state index contributed by atoms with van der Waals surface area (Å²) in [7, 11) is -3.47. The van der Waals surface area contributed by atoms with E-state index < -0.39 is 10.0 Å². The predicted octanol–water partition coefficient (Wildman–Crippen LogP) is 3.35. The van der Waals surface area contributed by atoms with Gasteiger partial charge in [-0.2, -0.15) is 4.31 Å². The third-order valence-corrected chi connectivity index (χ3v) is 8.47. The average molecular weight is 436 g/mol. The van der Waals surface area contributed by atoms with Crippen LogP contribution in [0.4, 0.5) is 0 Å². The highest BCUT2D eigenvalue weighted by Gasteiger charge is 2.28. The predicted molar refractivity (Wildman–Crippen MR) is 120 cm³/mol. The van der Waals surface area contributed by atoms with Crippen LogP contribution in [0.1, 0.15) is 62.7 Å². The van der Waals surface area contributed by atoms with E-state index in [1.807, 2.05) is 0 Å². The van der Waals surface area contributed by atoms with E-state index in [-0.39, 0.29) is 10.8 Å². The second kappa shape index (κ2) is 10.7. The van der Waals surface area contributed by atoms with Crippen molar-refractivity contribution in [2.45, 2.75) is 57.3 Å². The van der Waals surface area contributed by atoms with Gasteiger partial charge in [0.05, 0.1) is 4.90 Å². The lowest BCUT2D eigenvalue weighted by Crippen LogP contribution is -2.37. The third-order valence-electron chi connectivity index (χ3n) is 6.56. The van der Waals surface area contributed by atoms with Crippen LogP contribution in [0.3, 0.4) is 0 Å². The van der Waals surface area contributed by atoms with E-state index in [0.29, 0.717) is 31.1 Å². The molecule has 2 fully saturated rings. The SMILES string of the molecule is CC1CCN(CCCCNC(=O)c2ccc(S(=O)(=O)N3CCC(C)CC3)cc2)CC1. The van der Waals surface area contributed by atoms with Crippen LogP contribution >= 0.6 is 0 Å². The first-order valence-corrected chi connectivity index (χ1v) is 12.9. The highest BCUT2D eigenvalue weighted by atomic mass is 32.2. The summed E-state index contributed by atoms with van der Waals surface area (Å²) in [5.41, 5.74) is 0.506. The van der Waals surface area contributed by atoms with Crippen molar-refractivity contribution in [2.24, 2.45) is 11.8 Å². The van der Waals surface area contributed by atoms with Gasteiger partial charge in [0.15, 0.2) is 0 Å². The van der Waals surface area contributed by atoms with Crippen molar-refractivity contribution < 1.29 is 13.2 Å². The van der Waals surface area contributed by atoms with E-state index in [1.165, 1.54) is 25.9 Å². The molecule has 1 aromatic rings. The molecule has 0 radical (unpaired) electrons. The number of unbranched alkanes of at least 4 members (excludes halogenated alkanes) is 1. The fourth-order valence-electron chi connectivity index (χ4n) is 4.20. The molecule has 2 aliphatic rings. The summed E-state index contributed by atoms with van der Waals surface area (Å²) in [4.78, 5) is 15.1. The molecule has 1 amide bonds. The topological polar surface area (TPSA) is 69.7 Å². The summed E-state index contributed by atoms with van der Waals surface area (Å²) in [5.74, 6) is 1.29. The monoisotopic (exact) mass is 435 g/mol. The van der Waals surface area contributed by atoms with Crippen LogP contribution < -0.4 is 5.32 Å². The van der Waals surface area contributed by atoms with Gasteiger partial charge in [-0.1, -0.05) is 13.8 Å². The Hall–Kier alpha value is -1.44. The number of carbonyl (C=O) groups excluding carboxylic acids is 1. The molecule has 168 valence electrons. The van der Waals surface area contributed by atoms with Crippen LogP contribution in [-0.2, 0) is 10.0 Å². The highest BCUT2D eigenvalue weighted by Crippen LogP contribution is 2.23. The van der Waals surface area contributed by atoms with Gasteiger partial charge in [0.25, 0.3) is 5.91 Å². The number of benzene rings is 1. The summed E-state index contributed by atoms with van der Waals surface area (Å²) in [6.45, 7) is 9.76. The molecule has 2 saturated heterocycles. The maximum atomic E-state index is 12.8. The van der Waals surface area contributed by atoms with Crippen molar-refractivity contribution in [3.05, 3.63) is 29.8 Å². The number of nitrogens with one attached hydrogen (secondary N) is 1. The Balaban J connectivity index is 1.41. The molecule has 0 bridgehead atoms. The zero-order valence-electron chi connectivity index (χ0n) is 18.5. The Kier molecular flexibility index (Phi) is 8.31. The Morgan fingerprint density at radius 1 is 0.933 bits per heavy atom. The zero-order valence-corrected chi connectivity index (χ0v) is 19.3. The molecular formula is C23H37N3O3S. The van der Waals surface area contributed by atoms with Crippen molar-refractivity contribution in [1.29, 1.82) is 0 Å². The van der Waals surface area contributed by atoms with E-state index in [9.17, 15) is 13.2 Å². The number of sulfonamides is 1. The molecule has 0 unspecified atom stereocenters. The van der Waals surface area contributed by atoms with Gasteiger partial charge in [0, 0.05) is 25.2 Å². The van der Waals surface area contributed by atoms with Crippen molar-refractivity contribution in [3.8, 4) is 0 Å². The second-order valence-corrected chi connectivity index (χ2v) is 11.0. The van der Waals surface area contributed by atoms with Crippen LogP contribution in [-0.4, -0.2) is 62.8 Å². The molecule has 0 atom stereocenters. The van der Waals surface area contributed by atoms with E-state index in [4.69, 9.17) is 0 Å². The number of rotatable bonds is 8. The molecule has 0 aromatic heterocycles. The van der Waals surface area contributed by atoms with Gasteiger partial charge in [-0.05, 0) is 94.3 Å². The van der Waals surface area contributed by atoms with E-state index in [2.05, 4.69) is 24.1 Å². The van der Waals surface area contributed by atoms with E-state index >= 15 is 0 Å². The molecule has 1 aromatic carbocycles. The molecule has 0 aliphatic carbocycles. The van der Waals surface area contributed by atoms with Gasteiger partial charge in [-0.15, -0.1) is 0 Å². The number of nitrogens with zero attached hydrogens (tertiary/aromatic N) is 2. The lowest BCUT2D eigenvalue weighted by atomic mass is 9.99. The quantitative estimate of drug-likeness (QED) is 0.636. The lowest BCUT2D eigenvalue weighted by molar-refractivity contribution is 0.0952. The number of piperidine rings is 2. The highest BCUT2D eigenvalue weighted by molar-refractivity contribution is 7.89. The van der Waals surface area contributed by atoms with Gasteiger partial charge < -0.3 is 10.2 Å². The number of amides is 1. The van der Waals surface area contributed by atoms with Crippen molar-refractivity contribution in [3.63, 3.8) is 0 Å². The molecule has 0 spiro atoms. The normalized spacial score (nSPS) is 20.3. The second-order valence-electron chi connectivity index (χ2n) is 9.10. The maximum absolute atomic E-state index is 12.8. The van der Waals surface area contributed by atoms with Crippen molar-refractivity contribution in [1.82, 2.24) is 14.5 Å². The van der Waals surface area contributed by atoms with Crippen LogP contribution in [0.2, 0.25) is 0 Å². The number of likely N-dealkylation sites (tertiary alicyclic amines) is 1. The molecule has 30 heavy (non-hydrogen) atoms. The summed E-state index contributed by atoms with van der Waals surface area (Å²) in [5, 5.41) is 2.95. The first-order chi connectivity index (χ1) is 14.4. The molecule has 2 heterocycles. The Labute approximate surface area is 182 Å². The lowest BCUT2D eigenvalue weighted by Gasteiger charge is -2.30. The maximum Gasteiger partial charge on any atom is 0.251 e. The molecule has 7 heteroatoms. The van der Waals surface area contributed by atoms with Gasteiger partial charge in [-0.25, -0.2) is 8.42 Å². The molecular weight excluding hydrogens is 398 g/mol. The average Bonchev–Trinajstić information content (AvgIpc) is 2.75. The fraction of sp³-hybridized carbons (Fsp3) is 0.696. The van der Waals surface area contributed by atoms with Crippen molar-refractivity contribution >= 4 is 15.9 Å². The summed E-state index contributed by atoms with van der Waals surface area (Å²) < 4.78 is 27.1. The van der Waals surface area contributed by atoms with E-state index in [0.717, 1.165) is 38.1 Å². The fourth-order valence-corrected chi connectivity index (χ4v) is 5.67. The largest absolute Gasteiger partial charge is 0.352 e. The van der Waals surface area contributed by atoms with Gasteiger partial charge in [-0.3, -0.25) is 4.79 Å². The third kappa shape index (κ3) is 6.28. The Morgan fingerprint density at radius 2 is 1.50 bits per heavy atom. The van der Waals surface area contributed by atoms with E-state index in [1.54, 1.807) is 28.6 Å².